The summed E-state index contributed by atoms with van der Waals surface area (Å²) in [5, 5.41) is 12.8. The number of pyridine rings is 1. The molecule has 2 N–H and O–H groups in total. The number of aliphatic carboxylic acids is 1. The summed E-state index contributed by atoms with van der Waals surface area (Å²) in [4.78, 5) is 21.4. The molecule has 182 valence electrons. The Labute approximate surface area is 213 Å². The average Bonchev–Trinajstić information content (AvgIpc) is 3.50. The SMILES string of the molecule is CC(C)(CC(=O)O)NCc1ccc(-c2nc3ccc(C4(c5ccccc5)CC4)nc3s2)c(F)c1.Cl. The fraction of sp³-hybridized carbons (Fsp3) is 0.296. The Morgan fingerprint density at radius 3 is 2.51 bits per heavy atom. The van der Waals surface area contributed by atoms with Gasteiger partial charge in [-0.05, 0) is 62.1 Å². The second-order valence-corrected chi connectivity index (χ2v) is 10.6. The van der Waals surface area contributed by atoms with E-state index in [4.69, 9.17) is 10.1 Å². The maximum absolute atomic E-state index is 15.0. The van der Waals surface area contributed by atoms with E-state index in [0.29, 0.717) is 17.1 Å². The number of thiazole rings is 1. The minimum atomic E-state index is -0.872. The van der Waals surface area contributed by atoms with Crippen molar-refractivity contribution in [3.05, 3.63) is 83.3 Å². The topological polar surface area (TPSA) is 75.1 Å². The molecule has 4 aromatic rings. The van der Waals surface area contributed by atoms with Gasteiger partial charge in [0.25, 0.3) is 0 Å². The van der Waals surface area contributed by atoms with Crippen LogP contribution in [0.5, 0.6) is 0 Å². The van der Waals surface area contributed by atoms with Crippen LogP contribution in [0.4, 0.5) is 4.39 Å². The smallest absolute Gasteiger partial charge is 0.305 e. The number of carboxylic acids is 1. The number of nitrogens with one attached hydrogen (secondary N) is 1. The summed E-state index contributed by atoms with van der Waals surface area (Å²) in [5.41, 5.74) is 3.69. The molecule has 1 fully saturated rings. The summed E-state index contributed by atoms with van der Waals surface area (Å²) in [6, 6.07) is 19.6. The lowest BCUT2D eigenvalue weighted by molar-refractivity contribution is -0.138. The fourth-order valence-electron chi connectivity index (χ4n) is 4.40. The zero-order valence-electron chi connectivity index (χ0n) is 19.5. The average molecular weight is 512 g/mol. The third kappa shape index (κ3) is 5.22. The molecular weight excluding hydrogens is 485 g/mol. The number of aromatic nitrogens is 2. The molecule has 1 aliphatic carbocycles. The predicted molar refractivity (Wildman–Crippen MR) is 140 cm³/mol. The first kappa shape index (κ1) is 25.2. The zero-order chi connectivity index (χ0) is 23.9. The Morgan fingerprint density at radius 1 is 1.11 bits per heavy atom. The lowest BCUT2D eigenvalue weighted by atomic mass is 9.92. The summed E-state index contributed by atoms with van der Waals surface area (Å²) in [7, 11) is 0. The van der Waals surface area contributed by atoms with E-state index >= 15 is 4.39 Å². The molecule has 8 heteroatoms. The van der Waals surface area contributed by atoms with Crippen molar-refractivity contribution in [2.24, 2.45) is 0 Å². The molecule has 0 atom stereocenters. The van der Waals surface area contributed by atoms with E-state index in [9.17, 15) is 4.79 Å². The first-order valence-electron chi connectivity index (χ1n) is 11.4. The molecule has 2 aromatic heterocycles. The van der Waals surface area contributed by atoms with Gasteiger partial charge < -0.3 is 10.4 Å². The Bertz CT molecular complexity index is 1370. The highest BCUT2D eigenvalue weighted by Crippen LogP contribution is 2.53. The van der Waals surface area contributed by atoms with E-state index in [2.05, 4.69) is 40.6 Å². The standard InChI is InChI=1S/C27H26FN3O2S.ClH/c1-26(2,15-23(32)33)29-16-17-8-9-19(20(28)14-17)24-30-21-10-11-22(31-25(21)34-24)27(12-13-27)18-6-4-3-5-7-18;/h3-11,14,29H,12-13,15-16H2,1-2H3,(H,32,33);1H. The van der Waals surface area contributed by atoms with Crippen LogP contribution in [0.2, 0.25) is 0 Å². The molecule has 0 saturated heterocycles. The van der Waals surface area contributed by atoms with Crippen LogP contribution in [0.1, 0.15) is 49.9 Å². The summed E-state index contributed by atoms with van der Waals surface area (Å²) in [6.07, 6.45) is 2.14. The van der Waals surface area contributed by atoms with Crippen LogP contribution >= 0.6 is 23.7 Å². The highest BCUT2D eigenvalue weighted by molar-refractivity contribution is 7.21. The van der Waals surface area contributed by atoms with Crippen molar-refractivity contribution in [1.29, 1.82) is 0 Å². The molecule has 5 rings (SSSR count). The molecule has 0 amide bonds. The van der Waals surface area contributed by atoms with Crippen molar-refractivity contribution in [3.63, 3.8) is 0 Å². The highest BCUT2D eigenvalue weighted by Gasteiger charge is 2.47. The van der Waals surface area contributed by atoms with E-state index in [-0.39, 0.29) is 30.1 Å². The molecule has 0 spiro atoms. The van der Waals surface area contributed by atoms with Gasteiger partial charge >= 0.3 is 5.97 Å². The number of rotatable bonds is 8. The van der Waals surface area contributed by atoms with E-state index < -0.39 is 11.5 Å². The van der Waals surface area contributed by atoms with Gasteiger partial charge in [-0.3, -0.25) is 4.79 Å². The maximum atomic E-state index is 15.0. The fourth-order valence-corrected chi connectivity index (χ4v) is 5.36. The zero-order valence-corrected chi connectivity index (χ0v) is 21.2. The Hall–Kier alpha value is -2.87. The minimum absolute atomic E-state index is 0. The van der Waals surface area contributed by atoms with Gasteiger partial charge in [0.05, 0.1) is 12.1 Å². The van der Waals surface area contributed by atoms with Crippen LogP contribution in [-0.2, 0) is 16.8 Å². The first-order chi connectivity index (χ1) is 16.3. The van der Waals surface area contributed by atoms with E-state index in [1.54, 1.807) is 6.07 Å². The molecule has 0 radical (unpaired) electrons. The molecule has 0 aliphatic heterocycles. The second kappa shape index (κ2) is 9.64. The first-order valence-corrected chi connectivity index (χ1v) is 12.2. The molecule has 1 saturated carbocycles. The third-order valence-electron chi connectivity index (χ3n) is 6.45. The number of hydrogen-bond donors (Lipinski definition) is 2. The quantitative estimate of drug-likeness (QED) is 0.288. The monoisotopic (exact) mass is 511 g/mol. The lowest BCUT2D eigenvalue weighted by Gasteiger charge is -2.24. The van der Waals surface area contributed by atoms with Crippen LogP contribution in [-0.4, -0.2) is 26.6 Å². The van der Waals surface area contributed by atoms with Crippen molar-refractivity contribution in [2.75, 3.05) is 0 Å². The van der Waals surface area contributed by atoms with Gasteiger partial charge in [-0.25, -0.2) is 14.4 Å². The molecule has 2 heterocycles. The summed E-state index contributed by atoms with van der Waals surface area (Å²) >= 11 is 1.40. The predicted octanol–water partition coefficient (Wildman–Crippen LogP) is 6.34. The van der Waals surface area contributed by atoms with Crippen molar-refractivity contribution in [2.45, 2.75) is 50.6 Å². The maximum Gasteiger partial charge on any atom is 0.305 e. The number of benzene rings is 2. The molecule has 5 nitrogen and oxygen atoms in total. The number of fused-ring (bicyclic) bond motifs is 1. The van der Waals surface area contributed by atoms with Crippen LogP contribution < -0.4 is 5.32 Å². The van der Waals surface area contributed by atoms with Crippen molar-refractivity contribution in [3.8, 4) is 10.6 Å². The Morgan fingerprint density at radius 2 is 1.86 bits per heavy atom. The highest BCUT2D eigenvalue weighted by atomic mass is 35.5. The van der Waals surface area contributed by atoms with Crippen LogP contribution in [0.25, 0.3) is 20.9 Å². The lowest BCUT2D eigenvalue weighted by Crippen LogP contribution is -2.40. The van der Waals surface area contributed by atoms with Gasteiger partial charge in [0, 0.05) is 23.1 Å². The van der Waals surface area contributed by atoms with Crippen molar-refractivity contribution >= 4 is 40.1 Å². The van der Waals surface area contributed by atoms with Crippen molar-refractivity contribution in [1.82, 2.24) is 15.3 Å². The summed E-state index contributed by atoms with van der Waals surface area (Å²) < 4.78 is 15.0. The summed E-state index contributed by atoms with van der Waals surface area (Å²) in [6.45, 7) is 4.01. The van der Waals surface area contributed by atoms with Gasteiger partial charge in [0.15, 0.2) is 0 Å². The van der Waals surface area contributed by atoms with Crippen molar-refractivity contribution < 1.29 is 14.3 Å². The number of carboxylic acid groups (broad SMARTS) is 1. The van der Waals surface area contributed by atoms with Gasteiger partial charge in [-0.15, -0.1) is 12.4 Å². The van der Waals surface area contributed by atoms with Crippen LogP contribution in [0.15, 0.2) is 60.7 Å². The summed E-state index contributed by atoms with van der Waals surface area (Å²) in [5.74, 6) is -1.22. The molecular formula is C27H27ClFN3O2S. The Balaban J connectivity index is 0.00000289. The number of nitrogens with zero attached hydrogens (tertiary/aromatic N) is 2. The second-order valence-electron chi connectivity index (χ2n) is 9.61. The van der Waals surface area contributed by atoms with E-state index in [1.165, 1.54) is 23.0 Å². The van der Waals surface area contributed by atoms with E-state index in [0.717, 1.165) is 34.4 Å². The number of hydrogen-bond acceptors (Lipinski definition) is 5. The Kier molecular flexibility index (Phi) is 6.95. The molecule has 0 bridgehead atoms. The van der Waals surface area contributed by atoms with Gasteiger partial charge in [-0.1, -0.05) is 47.7 Å². The largest absolute Gasteiger partial charge is 0.481 e. The molecule has 0 unspecified atom stereocenters. The molecule has 35 heavy (non-hydrogen) atoms. The number of carbonyl (C=O) groups is 1. The van der Waals surface area contributed by atoms with Gasteiger partial charge in [-0.2, -0.15) is 0 Å². The number of halogens is 2. The van der Waals surface area contributed by atoms with Gasteiger partial charge in [0.2, 0.25) is 0 Å². The molecule has 2 aromatic carbocycles. The van der Waals surface area contributed by atoms with E-state index in [1.807, 2.05) is 32.0 Å². The normalized spacial score (nSPS) is 14.5. The van der Waals surface area contributed by atoms with Crippen LogP contribution in [0, 0.1) is 5.82 Å². The molecule has 1 aliphatic rings. The minimum Gasteiger partial charge on any atom is -0.481 e. The third-order valence-corrected chi connectivity index (χ3v) is 7.45. The van der Waals surface area contributed by atoms with Crippen LogP contribution in [0.3, 0.4) is 0 Å². The van der Waals surface area contributed by atoms with Gasteiger partial charge in [0.1, 0.15) is 21.2 Å².